The SMILES string of the molecule is O=C(O)Cc1c(CF)cc(I)nc1OC(F)(F)F. The molecule has 1 N–H and O–H groups in total. The Labute approximate surface area is 112 Å². The monoisotopic (exact) mass is 379 g/mol. The zero-order chi connectivity index (χ0) is 13.9. The number of carboxylic acid groups (broad SMARTS) is 1. The Morgan fingerprint density at radius 2 is 2.11 bits per heavy atom. The van der Waals surface area contributed by atoms with Crippen LogP contribution in [-0.2, 0) is 17.9 Å². The van der Waals surface area contributed by atoms with Crippen molar-refractivity contribution in [1.29, 1.82) is 0 Å². The Kier molecular flexibility index (Phi) is 4.71. The highest BCUT2D eigenvalue weighted by atomic mass is 127. The topological polar surface area (TPSA) is 59.4 Å². The van der Waals surface area contributed by atoms with Crippen LogP contribution in [-0.4, -0.2) is 22.4 Å². The third-order valence-corrected chi connectivity index (χ3v) is 2.38. The number of hydrogen-bond acceptors (Lipinski definition) is 3. The fourth-order valence-corrected chi connectivity index (χ4v) is 1.81. The van der Waals surface area contributed by atoms with E-state index in [0.29, 0.717) is 0 Å². The van der Waals surface area contributed by atoms with Crippen molar-refractivity contribution in [2.24, 2.45) is 0 Å². The van der Waals surface area contributed by atoms with Gasteiger partial charge in [0, 0.05) is 5.56 Å². The van der Waals surface area contributed by atoms with Crippen LogP contribution in [0.5, 0.6) is 5.88 Å². The largest absolute Gasteiger partial charge is 0.574 e. The van der Waals surface area contributed by atoms with Crippen molar-refractivity contribution in [3.8, 4) is 5.88 Å². The van der Waals surface area contributed by atoms with E-state index < -0.39 is 36.9 Å². The first-order valence-electron chi connectivity index (χ1n) is 4.44. The third-order valence-electron chi connectivity index (χ3n) is 1.83. The number of pyridine rings is 1. The van der Waals surface area contributed by atoms with Crippen molar-refractivity contribution in [2.45, 2.75) is 19.5 Å². The number of carbonyl (C=O) groups is 1. The molecule has 0 radical (unpaired) electrons. The maximum absolute atomic E-state index is 12.7. The molecule has 1 rings (SSSR count). The molecule has 9 heteroatoms. The van der Waals surface area contributed by atoms with Gasteiger partial charge in [-0.1, -0.05) is 0 Å². The molecule has 18 heavy (non-hydrogen) atoms. The molecule has 0 fully saturated rings. The first-order valence-corrected chi connectivity index (χ1v) is 5.52. The average Bonchev–Trinajstić information content (AvgIpc) is 2.18. The highest BCUT2D eigenvalue weighted by Crippen LogP contribution is 2.29. The van der Waals surface area contributed by atoms with E-state index in [1.54, 1.807) is 22.6 Å². The van der Waals surface area contributed by atoms with Crippen LogP contribution in [0.1, 0.15) is 11.1 Å². The van der Waals surface area contributed by atoms with E-state index in [9.17, 15) is 22.4 Å². The Hall–Kier alpha value is -1.13. The number of rotatable bonds is 4. The van der Waals surface area contributed by atoms with Crippen LogP contribution in [0.3, 0.4) is 0 Å². The second kappa shape index (κ2) is 5.67. The van der Waals surface area contributed by atoms with Crippen LogP contribution in [0.15, 0.2) is 6.07 Å². The quantitative estimate of drug-likeness (QED) is 0.497. The molecule has 0 spiro atoms. The van der Waals surface area contributed by atoms with Gasteiger partial charge < -0.3 is 9.84 Å². The van der Waals surface area contributed by atoms with Gasteiger partial charge in [0.15, 0.2) is 0 Å². The van der Waals surface area contributed by atoms with E-state index in [2.05, 4.69) is 9.72 Å². The number of halogens is 5. The van der Waals surface area contributed by atoms with Crippen LogP contribution in [0.4, 0.5) is 17.6 Å². The number of aliphatic carboxylic acids is 1. The van der Waals surface area contributed by atoms with Crippen LogP contribution >= 0.6 is 22.6 Å². The van der Waals surface area contributed by atoms with Gasteiger partial charge in [0.1, 0.15) is 10.4 Å². The molecule has 0 saturated carbocycles. The summed E-state index contributed by atoms with van der Waals surface area (Å²) in [5.41, 5.74) is -0.598. The summed E-state index contributed by atoms with van der Waals surface area (Å²) in [6.07, 6.45) is -5.81. The van der Waals surface area contributed by atoms with Gasteiger partial charge in [-0.05, 0) is 34.2 Å². The minimum Gasteiger partial charge on any atom is -0.481 e. The van der Waals surface area contributed by atoms with Crippen molar-refractivity contribution in [2.75, 3.05) is 0 Å². The van der Waals surface area contributed by atoms with Gasteiger partial charge in [-0.25, -0.2) is 9.37 Å². The number of aromatic nitrogens is 1. The molecule has 1 aromatic heterocycles. The van der Waals surface area contributed by atoms with Gasteiger partial charge in [0.2, 0.25) is 5.88 Å². The summed E-state index contributed by atoms with van der Waals surface area (Å²) in [6, 6.07) is 1.17. The molecule has 100 valence electrons. The third kappa shape index (κ3) is 4.27. The van der Waals surface area contributed by atoms with Crippen molar-refractivity contribution < 1.29 is 32.2 Å². The summed E-state index contributed by atoms with van der Waals surface area (Å²) in [5.74, 6) is -2.33. The molecule has 0 unspecified atom stereocenters. The van der Waals surface area contributed by atoms with Gasteiger partial charge in [-0.15, -0.1) is 13.2 Å². The lowest BCUT2D eigenvalue weighted by molar-refractivity contribution is -0.276. The highest BCUT2D eigenvalue weighted by Gasteiger charge is 2.34. The number of alkyl halides is 4. The summed E-state index contributed by atoms with van der Waals surface area (Å²) in [7, 11) is 0. The molecule has 0 bridgehead atoms. The summed E-state index contributed by atoms with van der Waals surface area (Å²) in [5, 5.41) is 8.59. The number of ether oxygens (including phenoxy) is 1. The van der Waals surface area contributed by atoms with Gasteiger partial charge in [-0.3, -0.25) is 4.79 Å². The van der Waals surface area contributed by atoms with E-state index in [1.807, 2.05) is 0 Å². The smallest absolute Gasteiger partial charge is 0.481 e. The highest BCUT2D eigenvalue weighted by molar-refractivity contribution is 14.1. The van der Waals surface area contributed by atoms with Gasteiger partial charge in [0.25, 0.3) is 0 Å². The van der Waals surface area contributed by atoms with E-state index >= 15 is 0 Å². The molecule has 0 aliphatic carbocycles. The standard InChI is InChI=1S/C9H6F4INO3/c10-3-4-1-6(14)15-8(18-9(11,12)13)5(4)2-7(16)17/h1H,2-3H2,(H,16,17). The fourth-order valence-electron chi connectivity index (χ4n) is 1.22. The van der Waals surface area contributed by atoms with Gasteiger partial charge >= 0.3 is 12.3 Å². The lowest BCUT2D eigenvalue weighted by Gasteiger charge is -2.14. The lowest BCUT2D eigenvalue weighted by atomic mass is 10.1. The molecule has 0 atom stereocenters. The predicted octanol–water partition coefficient (Wildman–Crippen LogP) is 2.68. The van der Waals surface area contributed by atoms with Gasteiger partial charge in [0.05, 0.1) is 6.42 Å². The van der Waals surface area contributed by atoms with Crippen molar-refractivity contribution in [1.82, 2.24) is 4.98 Å². The van der Waals surface area contributed by atoms with Gasteiger partial charge in [-0.2, -0.15) is 0 Å². The summed E-state index contributed by atoms with van der Waals surface area (Å²) >= 11 is 1.58. The number of carboxylic acids is 1. The Morgan fingerprint density at radius 1 is 1.50 bits per heavy atom. The normalized spacial score (nSPS) is 11.4. The molecule has 0 aromatic carbocycles. The van der Waals surface area contributed by atoms with E-state index in [0.717, 1.165) is 0 Å². The maximum Gasteiger partial charge on any atom is 0.574 e. The molecule has 0 saturated heterocycles. The van der Waals surface area contributed by atoms with Crippen molar-refractivity contribution >= 4 is 28.6 Å². The van der Waals surface area contributed by atoms with Crippen LogP contribution in [0.25, 0.3) is 0 Å². The number of nitrogens with zero attached hydrogens (tertiary/aromatic N) is 1. The Balaban J connectivity index is 3.27. The summed E-state index contributed by atoms with van der Waals surface area (Å²) < 4.78 is 52.7. The number of hydrogen-bond donors (Lipinski definition) is 1. The molecule has 1 heterocycles. The average molecular weight is 379 g/mol. The van der Waals surface area contributed by atoms with Crippen molar-refractivity contribution in [3.05, 3.63) is 20.9 Å². The van der Waals surface area contributed by atoms with E-state index in [4.69, 9.17) is 5.11 Å². The van der Waals surface area contributed by atoms with E-state index in [-0.39, 0.29) is 9.26 Å². The molecule has 1 aromatic rings. The maximum atomic E-state index is 12.7. The summed E-state index contributed by atoms with van der Waals surface area (Å²) in [6.45, 7) is -1.10. The second-order valence-electron chi connectivity index (χ2n) is 3.14. The zero-order valence-electron chi connectivity index (χ0n) is 8.59. The fraction of sp³-hybridized carbons (Fsp3) is 0.333. The first-order chi connectivity index (χ1) is 8.23. The Bertz CT molecular complexity index is 464. The lowest BCUT2D eigenvalue weighted by Crippen LogP contribution is -2.20. The molecular formula is C9H6F4INO3. The predicted molar refractivity (Wildman–Crippen MR) is 59.8 cm³/mol. The van der Waals surface area contributed by atoms with Crippen LogP contribution < -0.4 is 4.74 Å². The molecule has 0 aliphatic heterocycles. The molecule has 4 nitrogen and oxygen atoms in total. The second-order valence-corrected chi connectivity index (χ2v) is 4.25. The summed E-state index contributed by atoms with van der Waals surface area (Å²) in [4.78, 5) is 14.0. The Morgan fingerprint density at radius 3 is 2.56 bits per heavy atom. The molecule has 0 aliphatic rings. The minimum absolute atomic E-state index is 0.0774. The van der Waals surface area contributed by atoms with Crippen molar-refractivity contribution in [3.63, 3.8) is 0 Å². The first kappa shape index (κ1) is 14.9. The molecular weight excluding hydrogens is 373 g/mol. The minimum atomic E-state index is -5.02. The zero-order valence-corrected chi connectivity index (χ0v) is 10.7. The van der Waals surface area contributed by atoms with Crippen LogP contribution in [0, 0.1) is 3.70 Å². The van der Waals surface area contributed by atoms with E-state index in [1.165, 1.54) is 6.07 Å². The molecule has 0 amide bonds. The van der Waals surface area contributed by atoms with Crippen LogP contribution in [0.2, 0.25) is 0 Å².